The molecule has 1 fully saturated rings. The first-order valence-electron chi connectivity index (χ1n) is 3.86. The lowest BCUT2D eigenvalue weighted by molar-refractivity contribution is -0.00000203. The molecule has 0 aromatic carbocycles. The van der Waals surface area contributed by atoms with Crippen molar-refractivity contribution in [2.45, 2.75) is 13.3 Å². The summed E-state index contributed by atoms with van der Waals surface area (Å²) in [5.41, 5.74) is 0. The molecule has 0 atom stereocenters. The molecule has 0 radical (unpaired) electrons. The van der Waals surface area contributed by atoms with E-state index in [0.717, 1.165) is 0 Å². The van der Waals surface area contributed by atoms with Crippen LogP contribution in [0.25, 0.3) is 0 Å². The third-order valence-electron chi connectivity index (χ3n) is 1.75. The van der Waals surface area contributed by atoms with E-state index in [1.807, 2.05) is 0 Å². The van der Waals surface area contributed by atoms with Crippen molar-refractivity contribution in [2.75, 3.05) is 32.7 Å². The zero-order valence-electron chi connectivity index (χ0n) is 6.57. The molecule has 0 amide bonds. The summed E-state index contributed by atoms with van der Waals surface area (Å²) in [6.07, 6.45) is 1.29. The van der Waals surface area contributed by atoms with E-state index in [0.29, 0.717) is 0 Å². The maximum Gasteiger partial charge on any atom is 0.0107 e. The highest BCUT2D eigenvalue weighted by Gasteiger charge is 2.06. The van der Waals surface area contributed by atoms with Crippen LogP contribution in [-0.4, -0.2) is 37.6 Å². The van der Waals surface area contributed by atoms with Gasteiger partial charge in [0.25, 0.3) is 0 Å². The van der Waals surface area contributed by atoms with E-state index in [-0.39, 0.29) is 12.4 Å². The topological polar surface area (TPSA) is 15.3 Å². The maximum atomic E-state index is 3.33. The smallest absolute Gasteiger partial charge is 0.0107 e. The van der Waals surface area contributed by atoms with Crippen molar-refractivity contribution in [2.24, 2.45) is 0 Å². The summed E-state index contributed by atoms with van der Waals surface area (Å²) in [4.78, 5) is 2.51. The SMILES string of the molecule is CCCN1CCNCC1.[Cl-]. The van der Waals surface area contributed by atoms with Crippen LogP contribution >= 0.6 is 0 Å². The fourth-order valence-electron chi connectivity index (χ4n) is 1.25. The zero-order valence-corrected chi connectivity index (χ0v) is 7.32. The first-order valence-corrected chi connectivity index (χ1v) is 3.86. The number of nitrogens with zero attached hydrogens (tertiary/aromatic N) is 1. The van der Waals surface area contributed by atoms with Crippen LogP contribution in [0.1, 0.15) is 13.3 Å². The normalized spacial score (nSPS) is 20.1. The van der Waals surface area contributed by atoms with Gasteiger partial charge in [-0.25, -0.2) is 0 Å². The van der Waals surface area contributed by atoms with E-state index in [2.05, 4.69) is 17.1 Å². The molecule has 2 nitrogen and oxygen atoms in total. The number of piperazine rings is 1. The molecule has 0 spiro atoms. The van der Waals surface area contributed by atoms with Gasteiger partial charge in [-0.2, -0.15) is 0 Å². The minimum atomic E-state index is 0. The standard InChI is InChI=1S/C7H16N2.ClH/c1-2-5-9-6-3-8-4-7-9;/h8H,2-7H2,1H3;1H/p-1. The van der Waals surface area contributed by atoms with Crippen molar-refractivity contribution in [3.8, 4) is 0 Å². The molecule has 1 saturated heterocycles. The van der Waals surface area contributed by atoms with E-state index in [1.165, 1.54) is 39.1 Å². The number of rotatable bonds is 2. The Morgan fingerprint density at radius 1 is 1.30 bits per heavy atom. The molecular weight excluding hydrogens is 148 g/mol. The third-order valence-corrected chi connectivity index (χ3v) is 1.75. The number of hydrogen-bond acceptors (Lipinski definition) is 2. The van der Waals surface area contributed by atoms with Gasteiger partial charge in [-0.05, 0) is 13.0 Å². The second kappa shape index (κ2) is 5.96. The van der Waals surface area contributed by atoms with Gasteiger partial charge in [-0.15, -0.1) is 0 Å². The molecule has 0 unspecified atom stereocenters. The van der Waals surface area contributed by atoms with Crippen molar-refractivity contribution >= 4 is 0 Å². The van der Waals surface area contributed by atoms with Crippen LogP contribution in [0.5, 0.6) is 0 Å². The first-order chi connectivity index (χ1) is 4.43. The Hall–Kier alpha value is 0.210. The third kappa shape index (κ3) is 3.40. The highest BCUT2D eigenvalue weighted by molar-refractivity contribution is 4.65. The van der Waals surface area contributed by atoms with Gasteiger partial charge in [0.15, 0.2) is 0 Å². The van der Waals surface area contributed by atoms with Gasteiger partial charge in [0.2, 0.25) is 0 Å². The second-order valence-electron chi connectivity index (χ2n) is 2.59. The van der Waals surface area contributed by atoms with E-state index in [4.69, 9.17) is 0 Å². The fraction of sp³-hybridized carbons (Fsp3) is 1.00. The monoisotopic (exact) mass is 163 g/mol. The molecule has 10 heavy (non-hydrogen) atoms. The van der Waals surface area contributed by atoms with Crippen LogP contribution in [0.3, 0.4) is 0 Å². The van der Waals surface area contributed by atoms with Crippen LogP contribution in [0, 0.1) is 0 Å². The summed E-state index contributed by atoms with van der Waals surface area (Å²) in [5.74, 6) is 0. The molecule has 0 aliphatic carbocycles. The first kappa shape index (κ1) is 10.2. The minimum absolute atomic E-state index is 0. The quantitative estimate of drug-likeness (QED) is 0.477. The highest BCUT2D eigenvalue weighted by Crippen LogP contribution is 1.92. The number of nitrogens with one attached hydrogen (secondary N) is 1. The summed E-state index contributed by atoms with van der Waals surface area (Å²) in [7, 11) is 0. The van der Waals surface area contributed by atoms with E-state index < -0.39 is 0 Å². The average Bonchev–Trinajstić information content (AvgIpc) is 1.91. The number of halogens is 1. The zero-order chi connectivity index (χ0) is 6.53. The van der Waals surface area contributed by atoms with Crippen LogP contribution in [0.15, 0.2) is 0 Å². The Labute approximate surface area is 69.4 Å². The Kier molecular flexibility index (Phi) is 6.08. The summed E-state index contributed by atoms with van der Waals surface area (Å²) in [6.45, 7) is 8.37. The van der Waals surface area contributed by atoms with Crippen LogP contribution in [0.4, 0.5) is 0 Å². The molecule has 0 saturated carbocycles. The van der Waals surface area contributed by atoms with Gasteiger partial charge < -0.3 is 22.6 Å². The van der Waals surface area contributed by atoms with Gasteiger partial charge in [-0.3, -0.25) is 0 Å². The van der Waals surface area contributed by atoms with Crippen molar-refractivity contribution in [3.63, 3.8) is 0 Å². The molecule has 1 heterocycles. The number of hydrogen-bond donors (Lipinski definition) is 1. The van der Waals surface area contributed by atoms with Crippen molar-refractivity contribution in [1.29, 1.82) is 0 Å². The van der Waals surface area contributed by atoms with Gasteiger partial charge in [-0.1, -0.05) is 6.92 Å². The van der Waals surface area contributed by atoms with Crippen LogP contribution in [-0.2, 0) is 0 Å². The Morgan fingerprint density at radius 3 is 2.40 bits per heavy atom. The Bertz CT molecular complexity index is 69.3. The molecule has 3 heteroatoms. The molecule has 1 aliphatic heterocycles. The summed E-state index contributed by atoms with van der Waals surface area (Å²) in [6, 6.07) is 0. The molecule has 62 valence electrons. The van der Waals surface area contributed by atoms with Gasteiger partial charge in [0.05, 0.1) is 0 Å². The van der Waals surface area contributed by atoms with Crippen molar-refractivity contribution in [1.82, 2.24) is 10.2 Å². The lowest BCUT2D eigenvalue weighted by Crippen LogP contribution is -3.00. The fourth-order valence-corrected chi connectivity index (χ4v) is 1.25. The summed E-state index contributed by atoms with van der Waals surface area (Å²) in [5, 5.41) is 3.33. The lowest BCUT2D eigenvalue weighted by Gasteiger charge is -2.26. The van der Waals surface area contributed by atoms with Crippen LogP contribution < -0.4 is 17.7 Å². The van der Waals surface area contributed by atoms with Crippen molar-refractivity contribution in [3.05, 3.63) is 0 Å². The average molecular weight is 164 g/mol. The predicted octanol–water partition coefficient (Wildman–Crippen LogP) is -2.69. The minimum Gasteiger partial charge on any atom is -1.00 e. The van der Waals surface area contributed by atoms with Gasteiger partial charge >= 0.3 is 0 Å². The predicted molar refractivity (Wildman–Crippen MR) is 39.6 cm³/mol. The summed E-state index contributed by atoms with van der Waals surface area (Å²) < 4.78 is 0. The maximum absolute atomic E-state index is 3.33. The van der Waals surface area contributed by atoms with Gasteiger partial charge in [0, 0.05) is 26.2 Å². The molecule has 0 bridgehead atoms. The van der Waals surface area contributed by atoms with E-state index in [1.54, 1.807) is 0 Å². The largest absolute Gasteiger partial charge is 1.00 e. The van der Waals surface area contributed by atoms with Crippen molar-refractivity contribution < 1.29 is 12.4 Å². The molecule has 0 aromatic rings. The molecule has 1 aliphatic rings. The lowest BCUT2D eigenvalue weighted by atomic mass is 10.3. The molecule has 1 rings (SSSR count). The Morgan fingerprint density at radius 2 is 1.90 bits per heavy atom. The van der Waals surface area contributed by atoms with E-state index >= 15 is 0 Å². The van der Waals surface area contributed by atoms with Crippen LogP contribution in [0.2, 0.25) is 0 Å². The second-order valence-corrected chi connectivity index (χ2v) is 2.59. The Balaban J connectivity index is 0.000000810. The molecule has 1 N–H and O–H groups in total. The summed E-state index contributed by atoms with van der Waals surface area (Å²) >= 11 is 0. The molecular formula is C7H16ClN2-. The highest BCUT2D eigenvalue weighted by atomic mass is 35.5. The van der Waals surface area contributed by atoms with Gasteiger partial charge in [0.1, 0.15) is 0 Å². The van der Waals surface area contributed by atoms with E-state index in [9.17, 15) is 0 Å². The molecule has 0 aromatic heterocycles.